The molecule has 0 amide bonds. The largest absolute Gasteiger partial charge is 0.428 e. The van der Waals surface area contributed by atoms with Gasteiger partial charge in [-0.2, -0.15) is 0 Å². The molecule has 0 aliphatic rings. The molecule has 0 fully saturated rings. The van der Waals surface area contributed by atoms with Crippen molar-refractivity contribution in [2.45, 2.75) is 0 Å². The van der Waals surface area contributed by atoms with Crippen LogP contribution in [-0.4, -0.2) is 9.55 Å². The Bertz CT molecular complexity index is 369. The normalized spacial score (nSPS) is 9.92. The average Bonchev–Trinajstić information content (AvgIpc) is 2.71. The van der Waals surface area contributed by atoms with Gasteiger partial charge < -0.3 is 7.63 Å². The van der Waals surface area contributed by atoms with E-state index in [0.717, 1.165) is 11.4 Å². The molecular formula is C9H7IN2O. The zero-order valence-electron chi connectivity index (χ0n) is 6.72. The van der Waals surface area contributed by atoms with Gasteiger partial charge in [0.1, 0.15) is 5.75 Å². The predicted molar refractivity (Wildman–Crippen MR) is 58.2 cm³/mol. The molecule has 0 spiro atoms. The Morgan fingerprint density at radius 2 is 2.00 bits per heavy atom. The zero-order valence-corrected chi connectivity index (χ0v) is 8.88. The minimum absolute atomic E-state index is 0.851. The molecule has 1 aromatic carbocycles. The Morgan fingerprint density at radius 1 is 1.23 bits per heavy atom. The second kappa shape index (κ2) is 3.78. The molecule has 0 N–H and O–H groups in total. The van der Waals surface area contributed by atoms with Crippen LogP contribution in [0.2, 0.25) is 0 Å². The van der Waals surface area contributed by atoms with Gasteiger partial charge in [0.05, 0.1) is 6.33 Å². The van der Waals surface area contributed by atoms with Crippen molar-refractivity contribution in [3.63, 3.8) is 0 Å². The highest BCUT2D eigenvalue weighted by molar-refractivity contribution is 14.1. The fourth-order valence-corrected chi connectivity index (χ4v) is 1.38. The number of hydrogen-bond donors (Lipinski definition) is 0. The third kappa shape index (κ3) is 1.82. The van der Waals surface area contributed by atoms with E-state index in [0.29, 0.717) is 0 Å². The van der Waals surface area contributed by atoms with Crippen LogP contribution in [0.25, 0.3) is 5.69 Å². The van der Waals surface area contributed by atoms with Crippen LogP contribution in [-0.2, 0) is 0 Å². The SMILES string of the molecule is IOc1ccc(-n2ccnc2)cc1. The smallest absolute Gasteiger partial charge is 0.192 e. The number of nitrogens with zero attached hydrogens (tertiary/aromatic N) is 2. The summed E-state index contributed by atoms with van der Waals surface area (Å²) in [7, 11) is 0. The van der Waals surface area contributed by atoms with E-state index in [1.807, 2.05) is 58.0 Å². The highest BCUT2D eigenvalue weighted by Crippen LogP contribution is 2.16. The molecule has 1 heterocycles. The lowest BCUT2D eigenvalue weighted by molar-refractivity contribution is 0.716. The Kier molecular flexibility index (Phi) is 2.49. The summed E-state index contributed by atoms with van der Waals surface area (Å²) in [6.07, 6.45) is 5.42. The molecule has 0 radical (unpaired) electrons. The van der Waals surface area contributed by atoms with Crippen LogP contribution < -0.4 is 3.07 Å². The first kappa shape index (κ1) is 8.55. The summed E-state index contributed by atoms with van der Waals surface area (Å²) in [5.74, 6) is 0.851. The summed E-state index contributed by atoms with van der Waals surface area (Å²) in [4.78, 5) is 3.97. The number of benzene rings is 1. The highest BCUT2D eigenvalue weighted by Gasteiger charge is 1.95. The Hall–Kier alpha value is -1.04. The van der Waals surface area contributed by atoms with Crippen LogP contribution in [0.5, 0.6) is 5.75 Å². The van der Waals surface area contributed by atoms with Crippen LogP contribution in [0.15, 0.2) is 43.0 Å². The van der Waals surface area contributed by atoms with Crippen LogP contribution >= 0.6 is 23.0 Å². The van der Waals surface area contributed by atoms with Crippen LogP contribution in [0, 0.1) is 0 Å². The maximum Gasteiger partial charge on any atom is 0.192 e. The highest BCUT2D eigenvalue weighted by atomic mass is 127. The number of halogens is 1. The molecule has 0 bridgehead atoms. The van der Waals surface area contributed by atoms with E-state index < -0.39 is 0 Å². The standard InChI is InChI=1S/C9H7IN2O/c10-13-9-3-1-8(2-4-9)12-6-5-11-7-12/h1-7H. The maximum absolute atomic E-state index is 5.03. The van der Waals surface area contributed by atoms with E-state index in [2.05, 4.69) is 4.98 Å². The lowest BCUT2D eigenvalue weighted by Gasteiger charge is -2.01. The first-order valence-corrected chi connectivity index (χ1v) is 4.65. The lowest BCUT2D eigenvalue weighted by atomic mass is 10.3. The van der Waals surface area contributed by atoms with Crippen LogP contribution in [0.4, 0.5) is 0 Å². The van der Waals surface area contributed by atoms with Gasteiger partial charge in [-0.3, -0.25) is 0 Å². The lowest BCUT2D eigenvalue weighted by Crippen LogP contribution is -1.88. The molecule has 4 heteroatoms. The molecule has 3 nitrogen and oxygen atoms in total. The average molecular weight is 286 g/mol. The maximum atomic E-state index is 5.03. The van der Waals surface area contributed by atoms with Gasteiger partial charge in [0, 0.05) is 18.1 Å². The van der Waals surface area contributed by atoms with E-state index in [-0.39, 0.29) is 0 Å². The molecule has 2 aromatic rings. The van der Waals surface area contributed by atoms with E-state index in [9.17, 15) is 0 Å². The summed E-state index contributed by atoms with van der Waals surface area (Å²) in [5, 5.41) is 0. The zero-order chi connectivity index (χ0) is 9.10. The fourth-order valence-electron chi connectivity index (χ4n) is 1.08. The van der Waals surface area contributed by atoms with Crippen molar-refractivity contribution in [1.29, 1.82) is 0 Å². The summed E-state index contributed by atoms with van der Waals surface area (Å²) in [6.45, 7) is 0. The predicted octanol–water partition coefficient (Wildman–Crippen LogP) is 2.60. The molecule has 2 rings (SSSR count). The molecule has 0 aliphatic heterocycles. The molecule has 0 saturated carbocycles. The minimum Gasteiger partial charge on any atom is -0.428 e. The van der Waals surface area contributed by atoms with Gasteiger partial charge in [-0.15, -0.1) is 0 Å². The van der Waals surface area contributed by atoms with Crippen molar-refractivity contribution in [1.82, 2.24) is 9.55 Å². The fraction of sp³-hybridized carbons (Fsp3) is 0. The van der Waals surface area contributed by atoms with E-state index >= 15 is 0 Å². The van der Waals surface area contributed by atoms with Crippen molar-refractivity contribution in [2.75, 3.05) is 0 Å². The number of rotatable bonds is 2. The topological polar surface area (TPSA) is 27.1 Å². The molecule has 66 valence electrons. The van der Waals surface area contributed by atoms with E-state index in [1.54, 1.807) is 12.5 Å². The van der Waals surface area contributed by atoms with Crippen molar-refractivity contribution >= 4 is 23.0 Å². The summed E-state index contributed by atoms with van der Waals surface area (Å²) < 4.78 is 6.97. The van der Waals surface area contributed by atoms with E-state index in [4.69, 9.17) is 3.07 Å². The van der Waals surface area contributed by atoms with Gasteiger partial charge in [-0.25, -0.2) is 4.98 Å². The third-order valence-electron chi connectivity index (χ3n) is 1.73. The summed E-state index contributed by atoms with van der Waals surface area (Å²) >= 11 is 1.86. The monoisotopic (exact) mass is 286 g/mol. The van der Waals surface area contributed by atoms with Gasteiger partial charge in [0.25, 0.3) is 0 Å². The molecule has 13 heavy (non-hydrogen) atoms. The summed E-state index contributed by atoms with van der Waals surface area (Å²) in [6, 6.07) is 7.80. The van der Waals surface area contributed by atoms with Crippen molar-refractivity contribution in [2.24, 2.45) is 0 Å². The second-order valence-electron chi connectivity index (χ2n) is 2.54. The first-order chi connectivity index (χ1) is 6.40. The van der Waals surface area contributed by atoms with Gasteiger partial charge in [0.2, 0.25) is 0 Å². The number of imidazole rings is 1. The molecular weight excluding hydrogens is 279 g/mol. The van der Waals surface area contributed by atoms with Gasteiger partial charge in [0.15, 0.2) is 23.0 Å². The first-order valence-electron chi connectivity index (χ1n) is 3.77. The Labute approximate surface area is 90.1 Å². The number of aromatic nitrogens is 2. The third-order valence-corrected chi connectivity index (χ3v) is 2.24. The van der Waals surface area contributed by atoms with Crippen LogP contribution in [0.1, 0.15) is 0 Å². The van der Waals surface area contributed by atoms with E-state index in [1.165, 1.54) is 0 Å². The van der Waals surface area contributed by atoms with Crippen molar-refractivity contribution in [3.8, 4) is 11.4 Å². The van der Waals surface area contributed by atoms with Gasteiger partial charge in [-0.1, -0.05) is 0 Å². The molecule has 0 aliphatic carbocycles. The Morgan fingerprint density at radius 3 is 2.54 bits per heavy atom. The van der Waals surface area contributed by atoms with Crippen molar-refractivity contribution < 1.29 is 3.07 Å². The Balaban J connectivity index is 2.33. The minimum atomic E-state index is 0.851. The molecule has 0 atom stereocenters. The quantitative estimate of drug-likeness (QED) is 0.793. The van der Waals surface area contributed by atoms with Crippen molar-refractivity contribution in [3.05, 3.63) is 43.0 Å². The van der Waals surface area contributed by atoms with Crippen LogP contribution in [0.3, 0.4) is 0 Å². The summed E-state index contributed by atoms with van der Waals surface area (Å²) in [5.41, 5.74) is 1.08. The molecule has 0 unspecified atom stereocenters. The van der Waals surface area contributed by atoms with Gasteiger partial charge in [-0.05, 0) is 24.3 Å². The number of hydrogen-bond acceptors (Lipinski definition) is 2. The second-order valence-corrected chi connectivity index (χ2v) is 2.98. The van der Waals surface area contributed by atoms with Gasteiger partial charge >= 0.3 is 0 Å². The molecule has 1 aromatic heterocycles. The molecule has 0 saturated heterocycles.